The quantitative estimate of drug-likeness (QED) is 0.481. The molecule has 3 unspecified atom stereocenters. The number of rotatable bonds is 7. The highest BCUT2D eigenvalue weighted by Crippen LogP contribution is 2.25. The summed E-state index contributed by atoms with van der Waals surface area (Å²) >= 11 is 0. The zero-order valence-electron chi connectivity index (χ0n) is 12.3. The van der Waals surface area contributed by atoms with Gasteiger partial charge in [0.15, 0.2) is 0 Å². The van der Waals surface area contributed by atoms with E-state index in [1.54, 1.807) is 6.92 Å². The molecule has 1 fully saturated rings. The molecule has 0 radical (unpaired) electrons. The Hall–Kier alpha value is -1.83. The Kier molecular flexibility index (Phi) is 6.93. The standard InChI is InChI=1S/C13H23N3O5/c1-8(11(17)14-5-6-21-2)15-13(20)16-10-4-3-9(7-10)12(18)19/h8-10H,3-7H2,1-2H3,(H,14,17)(H,18,19)(H2,15,16,20). The summed E-state index contributed by atoms with van der Waals surface area (Å²) in [5, 5.41) is 16.7. The van der Waals surface area contributed by atoms with Crippen LogP contribution in [0.1, 0.15) is 26.2 Å². The second-order valence-corrected chi connectivity index (χ2v) is 5.17. The highest BCUT2D eigenvalue weighted by atomic mass is 16.5. The highest BCUT2D eigenvalue weighted by molar-refractivity contribution is 5.86. The Bertz CT molecular complexity index is 388. The lowest BCUT2D eigenvalue weighted by atomic mass is 10.1. The lowest BCUT2D eigenvalue weighted by Gasteiger charge is -2.17. The molecule has 1 saturated carbocycles. The summed E-state index contributed by atoms with van der Waals surface area (Å²) < 4.78 is 4.81. The van der Waals surface area contributed by atoms with E-state index in [9.17, 15) is 14.4 Å². The lowest BCUT2D eigenvalue weighted by Crippen LogP contribution is -2.50. The Balaban J connectivity index is 2.27. The third kappa shape index (κ3) is 5.99. The molecular weight excluding hydrogens is 278 g/mol. The van der Waals surface area contributed by atoms with Gasteiger partial charge in [0.1, 0.15) is 6.04 Å². The van der Waals surface area contributed by atoms with Crippen molar-refractivity contribution in [3.63, 3.8) is 0 Å². The number of urea groups is 1. The normalized spacial score (nSPS) is 22.4. The predicted octanol–water partition coefficient (Wildman–Crippen LogP) is -0.310. The van der Waals surface area contributed by atoms with Crippen LogP contribution in [0, 0.1) is 5.92 Å². The van der Waals surface area contributed by atoms with Gasteiger partial charge in [-0.2, -0.15) is 0 Å². The summed E-state index contributed by atoms with van der Waals surface area (Å²) in [5.74, 6) is -1.52. The molecule has 0 aromatic heterocycles. The molecule has 0 saturated heterocycles. The third-order valence-electron chi connectivity index (χ3n) is 3.46. The van der Waals surface area contributed by atoms with Gasteiger partial charge in [0.25, 0.3) is 0 Å². The van der Waals surface area contributed by atoms with Crippen LogP contribution >= 0.6 is 0 Å². The van der Waals surface area contributed by atoms with Gasteiger partial charge in [0.05, 0.1) is 12.5 Å². The zero-order valence-corrected chi connectivity index (χ0v) is 12.3. The molecular formula is C13H23N3O5. The van der Waals surface area contributed by atoms with Crippen molar-refractivity contribution in [1.29, 1.82) is 0 Å². The molecule has 0 spiro atoms. The molecule has 3 amide bonds. The molecule has 21 heavy (non-hydrogen) atoms. The lowest BCUT2D eigenvalue weighted by molar-refractivity contribution is -0.141. The monoisotopic (exact) mass is 301 g/mol. The summed E-state index contributed by atoms with van der Waals surface area (Å²) in [6.07, 6.45) is 1.63. The van der Waals surface area contributed by atoms with E-state index in [2.05, 4.69) is 16.0 Å². The van der Waals surface area contributed by atoms with Crippen molar-refractivity contribution < 1.29 is 24.2 Å². The van der Waals surface area contributed by atoms with Crippen LogP contribution in [0.2, 0.25) is 0 Å². The van der Waals surface area contributed by atoms with E-state index in [1.807, 2.05) is 0 Å². The Morgan fingerprint density at radius 2 is 2.05 bits per heavy atom. The van der Waals surface area contributed by atoms with Gasteiger partial charge >= 0.3 is 12.0 Å². The van der Waals surface area contributed by atoms with E-state index in [-0.39, 0.29) is 11.9 Å². The van der Waals surface area contributed by atoms with Crippen LogP contribution in [0.4, 0.5) is 4.79 Å². The molecule has 0 aromatic carbocycles. The number of carboxylic acid groups (broad SMARTS) is 1. The summed E-state index contributed by atoms with van der Waals surface area (Å²) in [6, 6.07) is -1.28. The van der Waals surface area contributed by atoms with Crippen LogP contribution in [0.3, 0.4) is 0 Å². The maximum absolute atomic E-state index is 11.7. The van der Waals surface area contributed by atoms with Crippen molar-refractivity contribution in [2.24, 2.45) is 5.92 Å². The van der Waals surface area contributed by atoms with E-state index in [4.69, 9.17) is 9.84 Å². The topological polar surface area (TPSA) is 117 Å². The van der Waals surface area contributed by atoms with Crippen molar-refractivity contribution in [1.82, 2.24) is 16.0 Å². The highest BCUT2D eigenvalue weighted by Gasteiger charge is 2.30. The third-order valence-corrected chi connectivity index (χ3v) is 3.46. The van der Waals surface area contributed by atoms with E-state index >= 15 is 0 Å². The van der Waals surface area contributed by atoms with Crippen molar-refractivity contribution in [2.45, 2.75) is 38.3 Å². The molecule has 0 aromatic rings. The Labute approximate surface area is 123 Å². The Morgan fingerprint density at radius 3 is 2.62 bits per heavy atom. The summed E-state index contributed by atoms with van der Waals surface area (Å²) in [7, 11) is 1.53. The molecule has 0 bridgehead atoms. The van der Waals surface area contributed by atoms with Crippen LogP contribution in [-0.4, -0.2) is 55.4 Å². The number of hydrogen-bond donors (Lipinski definition) is 4. The van der Waals surface area contributed by atoms with Gasteiger partial charge in [-0.15, -0.1) is 0 Å². The molecule has 1 rings (SSSR count). The van der Waals surface area contributed by atoms with E-state index < -0.39 is 24.0 Å². The maximum Gasteiger partial charge on any atom is 0.315 e. The molecule has 8 nitrogen and oxygen atoms in total. The van der Waals surface area contributed by atoms with Crippen LogP contribution in [0.25, 0.3) is 0 Å². The van der Waals surface area contributed by atoms with Crippen LogP contribution < -0.4 is 16.0 Å². The molecule has 1 aliphatic rings. The SMILES string of the molecule is COCCNC(=O)C(C)NC(=O)NC1CCC(C(=O)O)C1. The molecule has 8 heteroatoms. The van der Waals surface area contributed by atoms with Crippen molar-refractivity contribution in [3.05, 3.63) is 0 Å². The fraction of sp³-hybridized carbons (Fsp3) is 0.769. The number of ether oxygens (including phenoxy) is 1. The number of nitrogens with one attached hydrogen (secondary N) is 3. The van der Waals surface area contributed by atoms with Crippen LogP contribution in [0.15, 0.2) is 0 Å². The molecule has 1 aliphatic carbocycles. The predicted molar refractivity (Wildman–Crippen MR) is 74.8 cm³/mol. The van der Waals surface area contributed by atoms with Gasteiger partial charge < -0.3 is 25.8 Å². The number of amides is 3. The molecule has 0 aliphatic heterocycles. The minimum Gasteiger partial charge on any atom is -0.481 e. The van der Waals surface area contributed by atoms with Crippen molar-refractivity contribution in [3.8, 4) is 0 Å². The van der Waals surface area contributed by atoms with Crippen molar-refractivity contribution >= 4 is 17.9 Å². The largest absolute Gasteiger partial charge is 0.481 e. The average Bonchev–Trinajstić information content (AvgIpc) is 2.87. The minimum absolute atomic E-state index is 0.158. The maximum atomic E-state index is 11.7. The van der Waals surface area contributed by atoms with Gasteiger partial charge in [0, 0.05) is 19.7 Å². The smallest absolute Gasteiger partial charge is 0.315 e. The minimum atomic E-state index is -0.828. The molecule has 120 valence electrons. The summed E-state index contributed by atoms with van der Waals surface area (Å²) in [4.78, 5) is 34.2. The van der Waals surface area contributed by atoms with E-state index in [0.717, 1.165) is 0 Å². The second-order valence-electron chi connectivity index (χ2n) is 5.17. The van der Waals surface area contributed by atoms with Gasteiger partial charge in [-0.25, -0.2) is 4.79 Å². The van der Waals surface area contributed by atoms with Crippen LogP contribution in [-0.2, 0) is 14.3 Å². The molecule has 0 heterocycles. The van der Waals surface area contributed by atoms with E-state index in [0.29, 0.717) is 32.4 Å². The zero-order chi connectivity index (χ0) is 15.8. The van der Waals surface area contributed by atoms with Crippen molar-refractivity contribution in [2.75, 3.05) is 20.3 Å². The second kappa shape index (κ2) is 8.46. The Morgan fingerprint density at radius 1 is 1.33 bits per heavy atom. The van der Waals surface area contributed by atoms with Crippen LogP contribution in [0.5, 0.6) is 0 Å². The first-order chi connectivity index (χ1) is 9.93. The average molecular weight is 301 g/mol. The fourth-order valence-corrected chi connectivity index (χ4v) is 2.26. The fourth-order valence-electron chi connectivity index (χ4n) is 2.26. The van der Waals surface area contributed by atoms with Gasteiger partial charge in [0.2, 0.25) is 5.91 Å². The number of aliphatic carboxylic acids is 1. The molecule has 3 atom stereocenters. The number of carboxylic acids is 1. The van der Waals surface area contributed by atoms with Gasteiger partial charge in [-0.1, -0.05) is 0 Å². The van der Waals surface area contributed by atoms with E-state index in [1.165, 1.54) is 7.11 Å². The summed E-state index contributed by atoms with van der Waals surface area (Å²) in [5.41, 5.74) is 0. The first-order valence-corrected chi connectivity index (χ1v) is 7.00. The van der Waals surface area contributed by atoms with Gasteiger partial charge in [-0.3, -0.25) is 9.59 Å². The first kappa shape index (κ1) is 17.2. The number of methoxy groups -OCH3 is 1. The number of hydrogen-bond acceptors (Lipinski definition) is 4. The first-order valence-electron chi connectivity index (χ1n) is 7.00. The van der Waals surface area contributed by atoms with Gasteiger partial charge in [-0.05, 0) is 26.2 Å². The number of carbonyl (C=O) groups is 3. The number of carbonyl (C=O) groups excluding carboxylic acids is 2. The summed E-state index contributed by atoms with van der Waals surface area (Å²) in [6.45, 7) is 2.37. The molecule has 4 N–H and O–H groups in total.